The van der Waals surface area contributed by atoms with E-state index in [1.54, 1.807) is 0 Å². The molecule has 6 nitrogen and oxygen atoms in total. The van der Waals surface area contributed by atoms with E-state index < -0.39 is 12.1 Å². The third-order valence-electron chi connectivity index (χ3n) is 5.93. The molecule has 3 N–H and O–H groups in total. The summed E-state index contributed by atoms with van der Waals surface area (Å²) in [6.07, 6.45) is 4.74. The zero-order valence-electron chi connectivity index (χ0n) is 17.9. The molecule has 0 fully saturated rings. The van der Waals surface area contributed by atoms with Crippen LogP contribution in [0.5, 0.6) is 5.88 Å². The van der Waals surface area contributed by atoms with Gasteiger partial charge in [0.2, 0.25) is 5.88 Å². The monoisotopic (exact) mass is 453 g/mol. The highest BCUT2D eigenvalue weighted by Gasteiger charge is 2.26. The maximum atomic E-state index is 12.5. The number of aromatic amines is 1. The summed E-state index contributed by atoms with van der Waals surface area (Å²) in [5.41, 5.74) is 4.21. The first-order valence-corrected chi connectivity index (χ1v) is 11.4. The fourth-order valence-corrected chi connectivity index (χ4v) is 4.57. The Morgan fingerprint density at radius 2 is 2.00 bits per heavy atom. The van der Waals surface area contributed by atoms with Gasteiger partial charge in [-0.1, -0.05) is 60.5 Å². The van der Waals surface area contributed by atoms with Crippen LogP contribution in [0.4, 0.5) is 4.79 Å². The molecular weight excluding hydrogens is 426 g/mol. The van der Waals surface area contributed by atoms with Crippen LogP contribution < -0.4 is 10.1 Å². The molecule has 32 heavy (non-hydrogen) atoms. The second kappa shape index (κ2) is 10.7. The lowest BCUT2D eigenvalue weighted by atomic mass is 9.92. The number of aromatic nitrogens is 2. The van der Waals surface area contributed by atoms with Gasteiger partial charge in [0.05, 0.1) is 12.6 Å². The molecule has 0 aliphatic heterocycles. The Hall–Kier alpha value is -2.83. The number of carbonyl (C=O) groups is 1. The normalized spacial score (nSPS) is 16.6. The molecule has 4 rings (SSSR count). The van der Waals surface area contributed by atoms with Crippen molar-refractivity contribution in [2.24, 2.45) is 0 Å². The first-order valence-electron chi connectivity index (χ1n) is 11.1. The van der Waals surface area contributed by atoms with Crippen molar-refractivity contribution in [3.63, 3.8) is 0 Å². The van der Waals surface area contributed by atoms with Crippen molar-refractivity contribution in [2.75, 3.05) is 6.61 Å². The minimum Gasteiger partial charge on any atom is -0.394 e. The van der Waals surface area contributed by atoms with Gasteiger partial charge in [0.1, 0.15) is 0 Å². The Bertz CT molecular complexity index is 1040. The van der Waals surface area contributed by atoms with E-state index in [9.17, 15) is 9.90 Å². The lowest BCUT2D eigenvalue weighted by Crippen LogP contribution is -2.40. The van der Waals surface area contributed by atoms with Crippen LogP contribution in [-0.4, -0.2) is 34.0 Å². The van der Waals surface area contributed by atoms with E-state index >= 15 is 0 Å². The number of carbonyl (C=O) groups excluding carboxylic acids is 1. The molecule has 2 aromatic carbocycles. The number of fused-ring (bicyclic) bond motifs is 1. The number of benzene rings is 2. The van der Waals surface area contributed by atoms with Crippen LogP contribution in [0.25, 0.3) is 0 Å². The summed E-state index contributed by atoms with van der Waals surface area (Å²) in [4.78, 5) is 12.5. The second-order valence-corrected chi connectivity index (χ2v) is 8.74. The van der Waals surface area contributed by atoms with Crippen LogP contribution in [-0.2, 0) is 19.3 Å². The average Bonchev–Trinajstić information content (AvgIpc) is 3.06. The Morgan fingerprint density at radius 3 is 2.78 bits per heavy atom. The molecule has 1 heterocycles. The van der Waals surface area contributed by atoms with Crippen molar-refractivity contribution in [1.29, 1.82) is 0 Å². The Labute approximate surface area is 193 Å². The molecule has 1 aliphatic carbocycles. The molecule has 3 aromatic rings. The number of hydrogen-bond donors (Lipinski definition) is 3. The molecule has 1 amide bonds. The van der Waals surface area contributed by atoms with Crippen LogP contribution in [0.2, 0.25) is 5.02 Å². The highest BCUT2D eigenvalue weighted by molar-refractivity contribution is 6.30. The molecule has 1 unspecified atom stereocenters. The highest BCUT2D eigenvalue weighted by Crippen LogP contribution is 2.36. The standard InChI is InChI=1S/C25H28ClN3O3/c26-20-11-6-9-18(14-20)13-19-10-4-5-12-22-23(19)28-29-24(22)32-25(31)27-21(16-30)15-17-7-2-1-3-8-17/h1-3,6-9,11,14,19,21,30H,4-5,10,12-13,15-16H2,(H,27,31)(H,28,29)/t19?,21-/m1/s1. The summed E-state index contributed by atoms with van der Waals surface area (Å²) in [5.74, 6) is 0.592. The summed E-state index contributed by atoms with van der Waals surface area (Å²) < 4.78 is 5.57. The molecule has 2 atom stereocenters. The SMILES string of the molecule is O=C(N[C@@H](CO)Cc1ccccc1)Oc1n[nH]c2c1CCCCC2Cc1cccc(Cl)c1. The number of H-pyrrole nitrogens is 1. The third kappa shape index (κ3) is 5.69. The van der Waals surface area contributed by atoms with Gasteiger partial charge in [-0.2, -0.15) is 0 Å². The van der Waals surface area contributed by atoms with Crippen LogP contribution in [0.15, 0.2) is 54.6 Å². The predicted molar refractivity (Wildman–Crippen MR) is 124 cm³/mol. The van der Waals surface area contributed by atoms with Crippen molar-refractivity contribution in [3.05, 3.63) is 82.0 Å². The summed E-state index contributed by atoms with van der Waals surface area (Å²) >= 11 is 6.16. The van der Waals surface area contributed by atoms with E-state index in [2.05, 4.69) is 21.6 Å². The van der Waals surface area contributed by atoms with Gasteiger partial charge in [0.15, 0.2) is 0 Å². The van der Waals surface area contributed by atoms with E-state index in [-0.39, 0.29) is 12.5 Å². The lowest BCUT2D eigenvalue weighted by Gasteiger charge is -2.16. The number of amides is 1. The molecular formula is C25H28ClN3O3. The van der Waals surface area contributed by atoms with Gasteiger partial charge in [-0.3, -0.25) is 5.10 Å². The topological polar surface area (TPSA) is 87.2 Å². The molecule has 1 aliphatic rings. The van der Waals surface area contributed by atoms with E-state index in [0.29, 0.717) is 12.3 Å². The van der Waals surface area contributed by atoms with Crippen LogP contribution >= 0.6 is 11.6 Å². The lowest BCUT2D eigenvalue weighted by molar-refractivity contribution is 0.180. The average molecular weight is 454 g/mol. The number of ether oxygens (including phenoxy) is 1. The molecule has 0 spiro atoms. The van der Waals surface area contributed by atoms with Crippen molar-refractivity contribution >= 4 is 17.7 Å². The van der Waals surface area contributed by atoms with E-state index in [1.165, 1.54) is 5.56 Å². The number of nitrogens with one attached hydrogen (secondary N) is 2. The van der Waals surface area contributed by atoms with Gasteiger partial charge in [0, 0.05) is 22.2 Å². The van der Waals surface area contributed by atoms with Crippen LogP contribution in [0.1, 0.15) is 47.6 Å². The number of aliphatic hydroxyl groups excluding tert-OH is 1. The minimum atomic E-state index is -0.607. The summed E-state index contributed by atoms with van der Waals surface area (Å²) in [6, 6.07) is 17.2. The Balaban J connectivity index is 1.43. The molecule has 1 aromatic heterocycles. The molecule has 0 saturated heterocycles. The van der Waals surface area contributed by atoms with Crippen molar-refractivity contribution in [1.82, 2.24) is 15.5 Å². The Kier molecular flexibility index (Phi) is 7.45. The molecule has 0 bridgehead atoms. The van der Waals surface area contributed by atoms with Crippen molar-refractivity contribution < 1.29 is 14.6 Å². The highest BCUT2D eigenvalue weighted by atomic mass is 35.5. The third-order valence-corrected chi connectivity index (χ3v) is 6.16. The van der Waals surface area contributed by atoms with Crippen LogP contribution in [0.3, 0.4) is 0 Å². The first kappa shape index (κ1) is 22.4. The fraction of sp³-hybridized carbons (Fsp3) is 0.360. The smallest absolute Gasteiger partial charge is 0.394 e. The zero-order chi connectivity index (χ0) is 22.3. The van der Waals surface area contributed by atoms with Gasteiger partial charge < -0.3 is 15.2 Å². The number of aliphatic hydroxyl groups is 1. The summed E-state index contributed by atoms with van der Waals surface area (Å²) in [7, 11) is 0. The zero-order valence-corrected chi connectivity index (χ0v) is 18.6. The number of hydrogen-bond acceptors (Lipinski definition) is 4. The van der Waals surface area contributed by atoms with E-state index in [4.69, 9.17) is 16.3 Å². The van der Waals surface area contributed by atoms with Crippen molar-refractivity contribution in [2.45, 2.75) is 50.5 Å². The quantitative estimate of drug-likeness (QED) is 0.448. The van der Waals surface area contributed by atoms with Gasteiger partial charge >= 0.3 is 6.09 Å². The van der Waals surface area contributed by atoms with Crippen molar-refractivity contribution in [3.8, 4) is 5.88 Å². The summed E-state index contributed by atoms with van der Waals surface area (Å²) in [5, 5.41) is 20.6. The van der Waals surface area contributed by atoms with E-state index in [1.807, 2.05) is 48.5 Å². The van der Waals surface area contributed by atoms with Gasteiger partial charge in [-0.25, -0.2) is 4.79 Å². The second-order valence-electron chi connectivity index (χ2n) is 8.30. The number of halogens is 1. The molecule has 168 valence electrons. The van der Waals surface area contributed by atoms with Gasteiger partial charge in [-0.15, -0.1) is 5.10 Å². The van der Waals surface area contributed by atoms with E-state index in [0.717, 1.165) is 53.9 Å². The number of rotatable bonds is 7. The number of nitrogens with zero attached hydrogens (tertiary/aromatic N) is 1. The predicted octanol–water partition coefficient (Wildman–Crippen LogP) is 4.81. The largest absolute Gasteiger partial charge is 0.414 e. The maximum Gasteiger partial charge on any atom is 0.414 e. The molecule has 7 heteroatoms. The molecule has 0 saturated carbocycles. The fourth-order valence-electron chi connectivity index (χ4n) is 4.36. The van der Waals surface area contributed by atoms with Gasteiger partial charge in [-0.05, 0) is 55.4 Å². The first-order chi connectivity index (χ1) is 15.6. The van der Waals surface area contributed by atoms with Crippen LogP contribution in [0, 0.1) is 0 Å². The summed E-state index contributed by atoms with van der Waals surface area (Å²) in [6.45, 7) is -0.176. The molecule has 0 radical (unpaired) electrons. The van der Waals surface area contributed by atoms with Gasteiger partial charge in [0.25, 0.3) is 0 Å². The minimum absolute atomic E-state index is 0.176. The Morgan fingerprint density at radius 1 is 1.19 bits per heavy atom. The maximum absolute atomic E-state index is 12.5.